The highest BCUT2D eigenvalue weighted by atomic mass is 35.5. The van der Waals surface area contributed by atoms with E-state index in [0.717, 1.165) is 18.6 Å². The monoisotopic (exact) mass is 284 g/mol. The van der Waals surface area contributed by atoms with Crippen molar-refractivity contribution in [3.63, 3.8) is 0 Å². The number of hydrazone groups is 1. The number of rotatable bonds is 3. The highest BCUT2D eigenvalue weighted by molar-refractivity contribution is 6.29. The van der Waals surface area contributed by atoms with E-state index in [2.05, 4.69) is 38.9 Å². The van der Waals surface area contributed by atoms with Gasteiger partial charge in [-0.15, -0.1) is 10.2 Å². The zero-order valence-electron chi connectivity index (χ0n) is 10.8. The summed E-state index contributed by atoms with van der Waals surface area (Å²) < 4.78 is 0. The van der Waals surface area contributed by atoms with Crippen molar-refractivity contribution in [2.75, 3.05) is 5.43 Å². The number of anilines is 1. The molecule has 20 heavy (non-hydrogen) atoms. The summed E-state index contributed by atoms with van der Waals surface area (Å²) in [5.41, 5.74) is 6.48. The second-order valence-corrected chi connectivity index (χ2v) is 4.88. The van der Waals surface area contributed by atoms with Gasteiger partial charge in [0.25, 0.3) is 0 Å². The molecule has 0 bridgehead atoms. The summed E-state index contributed by atoms with van der Waals surface area (Å²) in [4.78, 5) is 0. The van der Waals surface area contributed by atoms with Crippen molar-refractivity contribution in [1.82, 2.24) is 10.2 Å². The fourth-order valence-corrected chi connectivity index (χ4v) is 2.18. The Hall–Kier alpha value is -2.20. The summed E-state index contributed by atoms with van der Waals surface area (Å²) in [5, 5.41) is 12.4. The molecule has 1 heterocycles. The van der Waals surface area contributed by atoms with Crippen molar-refractivity contribution in [1.29, 1.82) is 0 Å². The van der Waals surface area contributed by atoms with Gasteiger partial charge >= 0.3 is 0 Å². The van der Waals surface area contributed by atoms with Crippen LogP contribution in [0.25, 0.3) is 5.57 Å². The Kier molecular flexibility index (Phi) is 3.74. The molecular formula is C15H13ClN4. The molecule has 1 aliphatic carbocycles. The normalized spacial score (nSPS) is 16.2. The van der Waals surface area contributed by atoms with Gasteiger partial charge in [-0.1, -0.05) is 41.9 Å². The molecule has 1 aromatic heterocycles. The summed E-state index contributed by atoms with van der Waals surface area (Å²) in [7, 11) is 0. The van der Waals surface area contributed by atoms with E-state index in [1.807, 2.05) is 18.2 Å². The van der Waals surface area contributed by atoms with Gasteiger partial charge < -0.3 is 0 Å². The van der Waals surface area contributed by atoms with Gasteiger partial charge in [0.15, 0.2) is 11.0 Å². The lowest BCUT2D eigenvalue weighted by Gasteiger charge is -1.98. The maximum Gasteiger partial charge on any atom is 0.168 e. The van der Waals surface area contributed by atoms with E-state index in [1.165, 1.54) is 11.1 Å². The van der Waals surface area contributed by atoms with Crippen molar-refractivity contribution < 1.29 is 0 Å². The van der Waals surface area contributed by atoms with E-state index in [-0.39, 0.29) is 0 Å². The average Bonchev–Trinajstić information content (AvgIpc) is 2.97. The number of nitrogens with zero attached hydrogens (tertiary/aromatic N) is 3. The van der Waals surface area contributed by atoms with E-state index in [4.69, 9.17) is 11.6 Å². The number of hydrogen-bond donors (Lipinski definition) is 1. The predicted octanol–water partition coefficient (Wildman–Crippen LogP) is 3.78. The van der Waals surface area contributed by atoms with Gasteiger partial charge in [0.05, 0.1) is 5.71 Å². The third-order valence-corrected chi connectivity index (χ3v) is 3.28. The van der Waals surface area contributed by atoms with Crippen LogP contribution in [-0.4, -0.2) is 15.9 Å². The largest absolute Gasteiger partial charge is 0.260 e. The molecule has 1 aliphatic rings. The number of halogens is 1. The van der Waals surface area contributed by atoms with Gasteiger partial charge in [-0.3, -0.25) is 5.43 Å². The second-order valence-electron chi connectivity index (χ2n) is 4.49. The van der Waals surface area contributed by atoms with Crippen LogP contribution in [0.3, 0.4) is 0 Å². The van der Waals surface area contributed by atoms with Crippen LogP contribution in [0.2, 0.25) is 5.15 Å². The Morgan fingerprint density at radius 3 is 2.60 bits per heavy atom. The van der Waals surface area contributed by atoms with E-state index in [1.54, 1.807) is 12.1 Å². The molecule has 1 aromatic carbocycles. The maximum atomic E-state index is 5.68. The van der Waals surface area contributed by atoms with Gasteiger partial charge in [-0.25, -0.2) is 0 Å². The zero-order valence-corrected chi connectivity index (χ0v) is 11.5. The maximum absolute atomic E-state index is 5.68. The molecule has 0 aliphatic heterocycles. The van der Waals surface area contributed by atoms with Crippen LogP contribution >= 0.6 is 11.6 Å². The number of hydrogen-bond acceptors (Lipinski definition) is 4. The Morgan fingerprint density at radius 1 is 1.00 bits per heavy atom. The van der Waals surface area contributed by atoms with Crippen LogP contribution in [-0.2, 0) is 0 Å². The first-order chi connectivity index (χ1) is 9.81. The van der Waals surface area contributed by atoms with Gasteiger partial charge in [0.1, 0.15) is 0 Å². The minimum atomic E-state index is 0.371. The molecule has 3 rings (SSSR count). The predicted molar refractivity (Wildman–Crippen MR) is 81.8 cm³/mol. The summed E-state index contributed by atoms with van der Waals surface area (Å²) in [6.45, 7) is 0. The molecule has 0 atom stereocenters. The van der Waals surface area contributed by atoms with Crippen molar-refractivity contribution in [3.05, 3.63) is 59.3 Å². The molecule has 0 radical (unpaired) electrons. The summed E-state index contributed by atoms with van der Waals surface area (Å²) in [6, 6.07) is 13.8. The third kappa shape index (κ3) is 3.03. The molecule has 0 amide bonds. The molecule has 0 spiro atoms. The fourth-order valence-electron chi connectivity index (χ4n) is 2.08. The SMILES string of the molecule is Clc1ccc(N/N=C2\C=C(c3ccccc3)CC2)nn1. The summed E-state index contributed by atoms with van der Waals surface area (Å²) in [5.74, 6) is 0.587. The minimum Gasteiger partial charge on any atom is -0.260 e. The standard InChI is InChI=1S/C15H13ClN4/c16-14-8-9-15(20-18-14)19-17-13-7-6-12(10-13)11-4-2-1-3-5-11/h1-5,8-10H,6-7H2,(H,19,20)/b17-13-. The molecule has 100 valence electrons. The summed E-state index contributed by atoms with van der Waals surface area (Å²) in [6.07, 6.45) is 4.06. The molecule has 0 saturated heterocycles. The van der Waals surface area contributed by atoms with Gasteiger partial charge in [-0.2, -0.15) is 5.10 Å². The minimum absolute atomic E-state index is 0.371. The van der Waals surface area contributed by atoms with Crippen LogP contribution in [0.5, 0.6) is 0 Å². The number of aromatic nitrogens is 2. The second kappa shape index (κ2) is 5.84. The van der Waals surface area contributed by atoms with Crippen molar-refractivity contribution >= 4 is 28.7 Å². The Morgan fingerprint density at radius 2 is 1.85 bits per heavy atom. The lowest BCUT2D eigenvalue weighted by atomic mass is 10.1. The van der Waals surface area contributed by atoms with Crippen LogP contribution in [0.1, 0.15) is 18.4 Å². The Balaban J connectivity index is 1.71. The molecular weight excluding hydrogens is 272 g/mol. The van der Waals surface area contributed by atoms with Crippen LogP contribution in [0, 0.1) is 0 Å². The first kappa shape index (κ1) is 12.8. The van der Waals surface area contributed by atoms with Gasteiger partial charge in [0, 0.05) is 0 Å². The average molecular weight is 285 g/mol. The molecule has 4 nitrogen and oxygen atoms in total. The zero-order chi connectivity index (χ0) is 13.8. The smallest absolute Gasteiger partial charge is 0.168 e. The lowest BCUT2D eigenvalue weighted by molar-refractivity contribution is 1.02. The third-order valence-electron chi connectivity index (χ3n) is 3.08. The Labute approximate surface area is 122 Å². The Bertz CT molecular complexity index is 647. The molecule has 2 aromatic rings. The van der Waals surface area contributed by atoms with Crippen molar-refractivity contribution in [3.8, 4) is 0 Å². The topological polar surface area (TPSA) is 50.2 Å². The number of benzene rings is 1. The highest BCUT2D eigenvalue weighted by Crippen LogP contribution is 2.26. The number of nitrogens with one attached hydrogen (secondary N) is 1. The quantitative estimate of drug-likeness (QED) is 0.873. The van der Waals surface area contributed by atoms with E-state index in [9.17, 15) is 0 Å². The van der Waals surface area contributed by atoms with Crippen molar-refractivity contribution in [2.45, 2.75) is 12.8 Å². The summed E-state index contributed by atoms with van der Waals surface area (Å²) >= 11 is 5.68. The first-order valence-electron chi connectivity index (χ1n) is 6.39. The highest BCUT2D eigenvalue weighted by Gasteiger charge is 2.12. The molecule has 0 fully saturated rings. The number of allylic oxidation sites excluding steroid dienone is 2. The first-order valence-corrected chi connectivity index (χ1v) is 6.77. The van der Waals surface area contributed by atoms with Crippen molar-refractivity contribution in [2.24, 2.45) is 5.10 Å². The van der Waals surface area contributed by atoms with Crippen LogP contribution in [0.4, 0.5) is 5.82 Å². The van der Waals surface area contributed by atoms with Gasteiger partial charge in [0.2, 0.25) is 0 Å². The van der Waals surface area contributed by atoms with E-state index >= 15 is 0 Å². The lowest BCUT2D eigenvalue weighted by Crippen LogP contribution is -1.98. The van der Waals surface area contributed by atoms with E-state index < -0.39 is 0 Å². The van der Waals surface area contributed by atoms with Gasteiger partial charge in [-0.05, 0) is 42.2 Å². The van der Waals surface area contributed by atoms with E-state index in [0.29, 0.717) is 11.0 Å². The fraction of sp³-hybridized carbons (Fsp3) is 0.133. The molecule has 0 saturated carbocycles. The van der Waals surface area contributed by atoms with Crippen LogP contribution in [0.15, 0.2) is 53.6 Å². The van der Waals surface area contributed by atoms with Crippen LogP contribution < -0.4 is 5.43 Å². The molecule has 0 unspecified atom stereocenters. The molecule has 1 N–H and O–H groups in total. The molecule has 5 heteroatoms.